The highest BCUT2D eigenvalue weighted by Crippen LogP contribution is 2.14. The van der Waals surface area contributed by atoms with Crippen LogP contribution in [0, 0.1) is 0 Å². The van der Waals surface area contributed by atoms with E-state index in [2.05, 4.69) is 5.32 Å². The Balaban J connectivity index is 1.76. The van der Waals surface area contributed by atoms with Gasteiger partial charge in [0.1, 0.15) is 6.04 Å². The Morgan fingerprint density at radius 1 is 1.00 bits per heavy atom. The quantitative estimate of drug-likeness (QED) is 0.664. The zero-order valence-corrected chi connectivity index (χ0v) is 15.1. The fraction of sp³-hybridized carbons (Fsp3) is 0.250. The number of carbonyl (C=O) groups is 2. The van der Waals surface area contributed by atoms with Crippen molar-refractivity contribution in [3.8, 4) is 0 Å². The lowest BCUT2D eigenvalue weighted by Gasteiger charge is -2.16. The smallest absolute Gasteiger partial charge is 0.329 e. The molecule has 3 aromatic rings. The second kappa shape index (κ2) is 7.90. The monoisotopic (exact) mass is 366 g/mol. The predicted octanol–water partition coefficient (Wildman–Crippen LogP) is 1.56. The summed E-state index contributed by atoms with van der Waals surface area (Å²) in [6.07, 6.45) is 0.0637. The van der Waals surface area contributed by atoms with Crippen molar-refractivity contribution in [1.82, 2.24) is 14.5 Å². The Kier molecular flexibility index (Phi) is 5.40. The minimum absolute atomic E-state index is 0.0637. The molecule has 1 heterocycles. The van der Waals surface area contributed by atoms with Crippen molar-refractivity contribution in [1.29, 1.82) is 0 Å². The highest BCUT2D eigenvalue weighted by atomic mass is 16.2. The van der Waals surface area contributed by atoms with Gasteiger partial charge >= 0.3 is 5.69 Å². The van der Waals surface area contributed by atoms with Crippen molar-refractivity contribution in [2.75, 3.05) is 0 Å². The number of fused-ring (bicyclic) bond motifs is 1. The first-order chi connectivity index (χ1) is 13.0. The first-order valence-corrected chi connectivity index (χ1v) is 8.84. The Bertz CT molecular complexity index is 1020. The molecular weight excluding hydrogens is 344 g/mol. The van der Waals surface area contributed by atoms with E-state index < -0.39 is 11.9 Å². The minimum Gasteiger partial charge on any atom is -0.368 e. The molecule has 2 aromatic carbocycles. The fourth-order valence-electron chi connectivity index (χ4n) is 3.20. The van der Waals surface area contributed by atoms with Gasteiger partial charge in [-0.05, 0) is 24.6 Å². The molecule has 0 aliphatic carbocycles. The van der Waals surface area contributed by atoms with Gasteiger partial charge in [0.05, 0.1) is 11.0 Å². The number of aryl methyl sites for hydroxylation is 2. The topological polar surface area (TPSA) is 99.1 Å². The summed E-state index contributed by atoms with van der Waals surface area (Å²) in [5, 5.41) is 2.66. The maximum absolute atomic E-state index is 12.6. The van der Waals surface area contributed by atoms with Gasteiger partial charge in [-0.1, -0.05) is 42.5 Å². The first-order valence-electron chi connectivity index (χ1n) is 8.84. The number of hydrogen-bond donors (Lipinski definition) is 2. The zero-order chi connectivity index (χ0) is 19.4. The molecular formula is C20H22N4O3. The van der Waals surface area contributed by atoms with E-state index in [1.54, 1.807) is 33.4 Å². The van der Waals surface area contributed by atoms with Crippen LogP contribution < -0.4 is 16.7 Å². The molecule has 0 aliphatic rings. The minimum atomic E-state index is -0.896. The maximum Gasteiger partial charge on any atom is 0.329 e. The molecule has 3 N–H and O–H groups in total. The summed E-state index contributed by atoms with van der Waals surface area (Å²) < 4.78 is 3.25. The van der Waals surface area contributed by atoms with Crippen molar-refractivity contribution >= 4 is 22.8 Å². The Labute approximate surface area is 156 Å². The molecule has 2 amide bonds. The molecule has 1 unspecified atom stereocenters. The number of benzene rings is 2. The van der Waals surface area contributed by atoms with Crippen LogP contribution >= 0.6 is 0 Å². The Hall–Kier alpha value is -3.35. The SMILES string of the molecule is CCn1c(=O)n(CCC(=O)NC(C(N)=O)c2ccccc2)c2ccccc21. The summed E-state index contributed by atoms with van der Waals surface area (Å²) in [6, 6.07) is 15.4. The zero-order valence-electron chi connectivity index (χ0n) is 15.1. The van der Waals surface area contributed by atoms with Gasteiger partial charge in [0, 0.05) is 19.5 Å². The van der Waals surface area contributed by atoms with Crippen LogP contribution in [0.2, 0.25) is 0 Å². The lowest BCUT2D eigenvalue weighted by molar-refractivity contribution is -0.127. The number of para-hydroxylation sites is 2. The van der Waals surface area contributed by atoms with Crippen LogP contribution in [0.5, 0.6) is 0 Å². The fourth-order valence-corrected chi connectivity index (χ4v) is 3.20. The van der Waals surface area contributed by atoms with Crippen LogP contribution in [0.25, 0.3) is 11.0 Å². The summed E-state index contributed by atoms with van der Waals surface area (Å²) in [7, 11) is 0. The van der Waals surface area contributed by atoms with E-state index >= 15 is 0 Å². The van der Waals surface area contributed by atoms with Crippen molar-refractivity contribution in [3.05, 3.63) is 70.6 Å². The summed E-state index contributed by atoms with van der Waals surface area (Å²) >= 11 is 0. The average molecular weight is 366 g/mol. The number of primary amides is 1. The van der Waals surface area contributed by atoms with Crippen molar-refractivity contribution in [2.45, 2.75) is 32.5 Å². The molecule has 1 aromatic heterocycles. The number of aromatic nitrogens is 2. The lowest BCUT2D eigenvalue weighted by Crippen LogP contribution is -2.38. The van der Waals surface area contributed by atoms with Crippen molar-refractivity contribution in [2.24, 2.45) is 5.73 Å². The number of hydrogen-bond acceptors (Lipinski definition) is 3. The third-order valence-corrected chi connectivity index (χ3v) is 4.53. The van der Waals surface area contributed by atoms with Gasteiger partial charge in [-0.2, -0.15) is 0 Å². The Morgan fingerprint density at radius 2 is 1.59 bits per heavy atom. The number of nitrogens with two attached hydrogens (primary N) is 1. The molecule has 3 rings (SSSR count). The molecule has 0 fully saturated rings. The standard InChI is InChI=1S/C20H22N4O3/c1-2-23-15-10-6-7-11-16(15)24(20(23)27)13-12-17(25)22-18(19(21)26)14-8-4-3-5-9-14/h3-11,18H,2,12-13H2,1H3,(H2,21,26)(H,22,25). The summed E-state index contributed by atoms with van der Waals surface area (Å²) in [5.41, 5.74) is 7.53. The number of amides is 2. The molecule has 27 heavy (non-hydrogen) atoms. The number of nitrogens with zero attached hydrogens (tertiary/aromatic N) is 2. The molecule has 0 saturated heterocycles. The second-order valence-electron chi connectivity index (χ2n) is 6.23. The number of imidazole rings is 1. The van der Waals surface area contributed by atoms with Crippen LogP contribution in [0.15, 0.2) is 59.4 Å². The highest BCUT2D eigenvalue weighted by molar-refractivity contribution is 5.87. The van der Waals surface area contributed by atoms with Crippen LogP contribution in [0.1, 0.15) is 24.9 Å². The third-order valence-electron chi connectivity index (χ3n) is 4.53. The van der Waals surface area contributed by atoms with Gasteiger partial charge in [-0.3, -0.25) is 18.7 Å². The molecule has 0 spiro atoms. The van der Waals surface area contributed by atoms with E-state index in [9.17, 15) is 14.4 Å². The van der Waals surface area contributed by atoms with Gasteiger partial charge in [0.2, 0.25) is 11.8 Å². The molecule has 0 aliphatic heterocycles. The highest BCUT2D eigenvalue weighted by Gasteiger charge is 2.20. The van der Waals surface area contributed by atoms with Gasteiger partial charge in [0.25, 0.3) is 0 Å². The predicted molar refractivity (Wildman–Crippen MR) is 103 cm³/mol. The number of rotatable bonds is 7. The van der Waals surface area contributed by atoms with Crippen molar-refractivity contribution in [3.63, 3.8) is 0 Å². The molecule has 1 atom stereocenters. The normalized spacial score (nSPS) is 12.0. The van der Waals surface area contributed by atoms with Gasteiger partial charge < -0.3 is 11.1 Å². The molecule has 0 saturated carbocycles. The summed E-state index contributed by atoms with van der Waals surface area (Å²) in [5.74, 6) is -0.975. The molecule has 0 radical (unpaired) electrons. The van der Waals surface area contributed by atoms with E-state index in [1.807, 2.05) is 37.3 Å². The molecule has 0 bridgehead atoms. The van der Waals surface area contributed by atoms with Crippen LogP contribution in [0.4, 0.5) is 0 Å². The van der Waals surface area contributed by atoms with Crippen molar-refractivity contribution < 1.29 is 9.59 Å². The second-order valence-corrected chi connectivity index (χ2v) is 6.23. The van der Waals surface area contributed by atoms with Crippen LogP contribution in [0.3, 0.4) is 0 Å². The number of carbonyl (C=O) groups excluding carboxylic acids is 2. The van der Waals surface area contributed by atoms with Crippen LogP contribution in [-0.4, -0.2) is 20.9 Å². The molecule has 7 heteroatoms. The summed E-state index contributed by atoms with van der Waals surface area (Å²) in [4.78, 5) is 36.7. The van der Waals surface area contributed by atoms with Crippen LogP contribution in [-0.2, 0) is 22.7 Å². The van der Waals surface area contributed by atoms with Gasteiger partial charge in [0.15, 0.2) is 0 Å². The van der Waals surface area contributed by atoms with E-state index in [0.717, 1.165) is 11.0 Å². The van der Waals surface area contributed by atoms with E-state index in [-0.39, 0.29) is 24.6 Å². The number of nitrogens with one attached hydrogen (secondary N) is 1. The average Bonchev–Trinajstić information content (AvgIpc) is 2.95. The first kappa shape index (κ1) is 18.4. The van der Waals surface area contributed by atoms with Gasteiger partial charge in [-0.25, -0.2) is 4.79 Å². The van der Waals surface area contributed by atoms with Gasteiger partial charge in [-0.15, -0.1) is 0 Å². The summed E-state index contributed by atoms with van der Waals surface area (Å²) in [6.45, 7) is 2.68. The van der Waals surface area contributed by atoms with E-state index in [0.29, 0.717) is 12.1 Å². The lowest BCUT2D eigenvalue weighted by atomic mass is 10.1. The van der Waals surface area contributed by atoms with E-state index in [1.165, 1.54) is 0 Å². The largest absolute Gasteiger partial charge is 0.368 e. The molecule has 7 nitrogen and oxygen atoms in total. The maximum atomic E-state index is 12.6. The van der Waals surface area contributed by atoms with E-state index in [4.69, 9.17) is 5.73 Å². The third kappa shape index (κ3) is 3.76. The molecule has 140 valence electrons. The Morgan fingerprint density at radius 3 is 2.19 bits per heavy atom.